The van der Waals surface area contributed by atoms with Crippen molar-refractivity contribution in [2.24, 2.45) is 17.1 Å². The first-order chi connectivity index (χ1) is 21.7. The molecular formula is C42H38NOP. The lowest BCUT2D eigenvalue weighted by Gasteiger charge is -2.39. The summed E-state index contributed by atoms with van der Waals surface area (Å²) in [7, 11) is -3.10. The SMILES string of the molecule is CC1=C(/C(=C2/C=Cc3ccccc3C2(C)N)c2ccc(P(=O)(c3ccccc3)c3ccccc3)cc2)C=CC2(C)C=CC=CC12. The first kappa shape index (κ1) is 29.2. The summed E-state index contributed by atoms with van der Waals surface area (Å²) in [5, 5.41) is 2.47. The van der Waals surface area contributed by atoms with Gasteiger partial charge in [0.2, 0.25) is 0 Å². The summed E-state index contributed by atoms with van der Waals surface area (Å²) in [6.45, 7) is 6.67. The second-order valence-corrected chi connectivity index (χ2v) is 15.5. The summed E-state index contributed by atoms with van der Waals surface area (Å²) >= 11 is 0. The zero-order chi connectivity index (χ0) is 31.2. The van der Waals surface area contributed by atoms with Crippen LogP contribution >= 0.6 is 7.14 Å². The van der Waals surface area contributed by atoms with Crippen LogP contribution < -0.4 is 21.6 Å². The monoisotopic (exact) mass is 603 g/mol. The van der Waals surface area contributed by atoms with Crippen LogP contribution in [0.25, 0.3) is 11.6 Å². The molecule has 0 amide bonds. The molecule has 7 rings (SSSR count). The third kappa shape index (κ3) is 4.81. The zero-order valence-electron chi connectivity index (χ0n) is 26.0. The van der Waals surface area contributed by atoms with E-state index in [-0.39, 0.29) is 11.3 Å². The van der Waals surface area contributed by atoms with Crippen LogP contribution in [0.3, 0.4) is 0 Å². The lowest BCUT2D eigenvalue weighted by molar-refractivity contribution is 0.430. The van der Waals surface area contributed by atoms with Crippen molar-refractivity contribution in [1.82, 2.24) is 0 Å². The van der Waals surface area contributed by atoms with Crippen molar-refractivity contribution in [2.45, 2.75) is 26.3 Å². The van der Waals surface area contributed by atoms with Gasteiger partial charge in [-0.2, -0.15) is 0 Å². The summed E-state index contributed by atoms with van der Waals surface area (Å²) in [5.41, 5.74) is 14.5. The van der Waals surface area contributed by atoms with E-state index in [2.05, 4.69) is 118 Å². The van der Waals surface area contributed by atoms with E-state index in [1.807, 2.05) is 60.7 Å². The number of rotatable bonds is 5. The van der Waals surface area contributed by atoms with Gasteiger partial charge in [-0.25, -0.2) is 0 Å². The Morgan fingerprint density at radius 1 is 0.689 bits per heavy atom. The van der Waals surface area contributed by atoms with Crippen LogP contribution in [0.15, 0.2) is 168 Å². The third-order valence-electron chi connectivity index (χ3n) is 9.85. The van der Waals surface area contributed by atoms with E-state index in [1.165, 1.54) is 11.1 Å². The maximum absolute atomic E-state index is 15.1. The summed E-state index contributed by atoms with van der Waals surface area (Å²) in [6, 6.07) is 36.5. The summed E-state index contributed by atoms with van der Waals surface area (Å²) in [6.07, 6.45) is 17.9. The van der Waals surface area contributed by atoms with Gasteiger partial charge in [-0.05, 0) is 47.3 Å². The van der Waals surface area contributed by atoms with Crippen molar-refractivity contribution < 1.29 is 4.57 Å². The maximum atomic E-state index is 15.1. The Balaban J connectivity index is 1.44. The molecule has 3 atom stereocenters. The highest BCUT2D eigenvalue weighted by molar-refractivity contribution is 7.85. The van der Waals surface area contributed by atoms with Gasteiger partial charge >= 0.3 is 0 Å². The molecule has 4 aromatic carbocycles. The predicted molar refractivity (Wildman–Crippen MR) is 191 cm³/mol. The molecule has 4 aromatic rings. The van der Waals surface area contributed by atoms with E-state index < -0.39 is 12.7 Å². The molecule has 3 aliphatic carbocycles. The number of hydrogen-bond donors (Lipinski definition) is 1. The fraction of sp³-hybridized carbons (Fsp3) is 0.143. The van der Waals surface area contributed by atoms with Crippen LogP contribution in [-0.2, 0) is 10.1 Å². The van der Waals surface area contributed by atoms with E-state index in [0.717, 1.165) is 43.8 Å². The smallest absolute Gasteiger partial charge is 0.171 e. The minimum Gasteiger partial charge on any atom is -0.318 e. The zero-order valence-corrected chi connectivity index (χ0v) is 26.9. The Kier molecular flexibility index (Phi) is 7.24. The molecule has 0 saturated carbocycles. The first-order valence-electron chi connectivity index (χ1n) is 15.6. The van der Waals surface area contributed by atoms with Crippen molar-refractivity contribution in [3.05, 3.63) is 185 Å². The molecule has 0 saturated heterocycles. The number of benzene rings is 4. The second kappa shape index (κ2) is 11.1. The van der Waals surface area contributed by atoms with Crippen LogP contribution in [0.5, 0.6) is 0 Å². The molecule has 0 aliphatic heterocycles. The fourth-order valence-corrected chi connectivity index (χ4v) is 9.98. The highest BCUT2D eigenvalue weighted by atomic mass is 31.2. The highest BCUT2D eigenvalue weighted by Gasteiger charge is 2.38. The Bertz CT molecular complexity index is 1960. The van der Waals surface area contributed by atoms with Crippen molar-refractivity contribution >= 4 is 34.7 Å². The van der Waals surface area contributed by atoms with Gasteiger partial charge in [-0.3, -0.25) is 0 Å². The number of hydrogen-bond acceptors (Lipinski definition) is 2. The molecule has 0 spiro atoms. The van der Waals surface area contributed by atoms with Crippen LogP contribution in [-0.4, -0.2) is 0 Å². The summed E-state index contributed by atoms with van der Waals surface area (Å²) in [4.78, 5) is 0. The van der Waals surface area contributed by atoms with E-state index in [9.17, 15) is 0 Å². The Morgan fingerprint density at radius 2 is 1.29 bits per heavy atom. The lowest BCUT2D eigenvalue weighted by atomic mass is 9.65. The molecule has 3 unspecified atom stereocenters. The first-order valence-corrected chi connectivity index (χ1v) is 17.3. The Hall–Kier alpha value is -4.49. The number of allylic oxidation sites excluding steroid dienone is 9. The average molecular weight is 604 g/mol. The Morgan fingerprint density at radius 3 is 1.96 bits per heavy atom. The molecule has 2 nitrogen and oxygen atoms in total. The topological polar surface area (TPSA) is 43.1 Å². The summed E-state index contributed by atoms with van der Waals surface area (Å²) in [5.74, 6) is 0.248. The quantitative estimate of drug-likeness (QED) is 0.232. The van der Waals surface area contributed by atoms with E-state index in [1.54, 1.807) is 0 Å². The standard InChI is InChI=1S/C42H38NOP/c1-30-36(27-29-41(2)28-13-12-19-37(30)41)40(39-26-23-31-14-10-11-20-38(31)42(39,3)43)32-21-24-35(25-22-32)45(44,33-15-6-4-7-16-33)34-17-8-5-9-18-34/h4-29,37H,43H2,1-3H3/b40-39-. The van der Waals surface area contributed by atoms with Gasteiger partial charge in [0.15, 0.2) is 7.14 Å². The van der Waals surface area contributed by atoms with Crippen LogP contribution in [0.4, 0.5) is 0 Å². The third-order valence-corrected chi connectivity index (χ3v) is 12.9. The lowest BCUT2D eigenvalue weighted by Crippen LogP contribution is -2.38. The molecule has 0 fully saturated rings. The molecule has 0 radical (unpaired) electrons. The Labute approximate surface area is 267 Å². The van der Waals surface area contributed by atoms with Crippen LogP contribution in [0, 0.1) is 11.3 Å². The van der Waals surface area contributed by atoms with Gasteiger partial charge < -0.3 is 10.3 Å². The van der Waals surface area contributed by atoms with Crippen molar-refractivity contribution in [1.29, 1.82) is 0 Å². The van der Waals surface area contributed by atoms with Gasteiger partial charge in [0, 0.05) is 27.2 Å². The van der Waals surface area contributed by atoms with E-state index >= 15 is 4.57 Å². The summed E-state index contributed by atoms with van der Waals surface area (Å²) < 4.78 is 15.1. The molecule has 222 valence electrons. The van der Waals surface area contributed by atoms with Gasteiger partial charge in [0.05, 0.1) is 5.54 Å². The largest absolute Gasteiger partial charge is 0.318 e. The van der Waals surface area contributed by atoms with E-state index in [0.29, 0.717) is 0 Å². The normalized spacial score (nSPS) is 24.8. The fourth-order valence-electron chi connectivity index (χ4n) is 7.33. The molecule has 0 aromatic heterocycles. The minimum absolute atomic E-state index is 0.0685. The number of fused-ring (bicyclic) bond motifs is 2. The molecular weight excluding hydrogens is 565 g/mol. The van der Waals surface area contributed by atoms with Crippen molar-refractivity contribution in [3.63, 3.8) is 0 Å². The molecule has 45 heavy (non-hydrogen) atoms. The van der Waals surface area contributed by atoms with Crippen molar-refractivity contribution in [2.75, 3.05) is 0 Å². The van der Waals surface area contributed by atoms with Gasteiger partial charge in [-0.15, -0.1) is 0 Å². The predicted octanol–water partition coefficient (Wildman–Crippen LogP) is 8.62. The van der Waals surface area contributed by atoms with Gasteiger partial charge in [0.1, 0.15) is 0 Å². The van der Waals surface area contributed by atoms with Crippen LogP contribution in [0.1, 0.15) is 37.5 Å². The molecule has 3 aliphatic rings. The molecule has 0 bridgehead atoms. The minimum atomic E-state index is -3.10. The average Bonchev–Trinajstić information content (AvgIpc) is 3.07. The molecule has 0 heterocycles. The second-order valence-electron chi connectivity index (χ2n) is 12.8. The maximum Gasteiger partial charge on any atom is 0.171 e. The van der Waals surface area contributed by atoms with Crippen molar-refractivity contribution in [3.8, 4) is 0 Å². The molecule has 2 N–H and O–H groups in total. The van der Waals surface area contributed by atoms with Crippen LogP contribution in [0.2, 0.25) is 0 Å². The van der Waals surface area contributed by atoms with E-state index in [4.69, 9.17) is 5.73 Å². The molecule has 3 heteroatoms. The van der Waals surface area contributed by atoms with Gasteiger partial charge in [-0.1, -0.05) is 170 Å². The highest BCUT2D eigenvalue weighted by Crippen LogP contribution is 2.50. The van der Waals surface area contributed by atoms with Gasteiger partial charge in [0.25, 0.3) is 0 Å². The number of nitrogens with two attached hydrogens (primary N) is 1.